The van der Waals surface area contributed by atoms with E-state index in [4.69, 9.17) is 5.11 Å². The molecule has 1 aliphatic rings. The van der Waals surface area contributed by atoms with Crippen LogP contribution >= 0.6 is 0 Å². The lowest BCUT2D eigenvalue weighted by atomic mass is 9.70. The van der Waals surface area contributed by atoms with E-state index in [1.807, 2.05) is 0 Å². The molecule has 0 aromatic carbocycles. The van der Waals surface area contributed by atoms with Gasteiger partial charge in [-0.05, 0) is 37.0 Å². The quantitative estimate of drug-likeness (QED) is 0.845. The average molecular weight is 250 g/mol. The lowest BCUT2D eigenvalue weighted by molar-refractivity contribution is 0.0691. The lowest BCUT2D eigenvalue weighted by Gasteiger charge is -2.36. The minimum Gasteiger partial charge on any atom is -0.477 e. The molecule has 0 atom stereocenters. The molecule has 1 aliphatic carbocycles. The van der Waals surface area contributed by atoms with Gasteiger partial charge in [0.05, 0.1) is 6.20 Å². The maximum atomic E-state index is 10.8. The number of hydrogen-bond acceptors (Lipinski definition) is 2. The van der Waals surface area contributed by atoms with Crippen molar-refractivity contribution in [3.63, 3.8) is 0 Å². The van der Waals surface area contributed by atoms with Crippen molar-refractivity contribution < 1.29 is 9.90 Å². The zero-order valence-electron chi connectivity index (χ0n) is 11.4. The molecule has 100 valence electrons. The van der Waals surface area contributed by atoms with Crippen LogP contribution in [-0.2, 0) is 0 Å². The summed E-state index contributed by atoms with van der Waals surface area (Å²) in [6.45, 7) is 6.90. The van der Waals surface area contributed by atoms with Gasteiger partial charge in [-0.1, -0.05) is 20.8 Å². The van der Waals surface area contributed by atoms with E-state index in [-0.39, 0.29) is 5.69 Å². The number of aromatic nitrogens is 2. The second-order valence-electron chi connectivity index (χ2n) is 6.40. The third kappa shape index (κ3) is 2.74. The number of carbonyl (C=O) groups is 1. The first-order valence-corrected chi connectivity index (χ1v) is 6.66. The van der Waals surface area contributed by atoms with E-state index in [2.05, 4.69) is 30.7 Å². The van der Waals surface area contributed by atoms with Crippen LogP contribution in [-0.4, -0.2) is 21.0 Å². The van der Waals surface area contributed by atoms with Crippen molar-refractivity contribution in [2.75, 3.05) is 0 Å². The number of aromatic amines is 1. The molecule has 1 aromatic heterocycles. The highest BCUT2D eigenvalue weighted by molar-refractivity contribution is 5.85. The van der Waals surface area contributed by atoms with Gasteiger partial charge in [0.2, 0.25) is 0 Å². The number of H-pyrrole nitrogens is 1. The zero-order valence-corrected chi connectivity index (χ0v) is 11.4. The van der Waals surface area contributed by atoms with Crippen molar-refractivity contribution in [2.45, 2.75) is 52.4 Å². The van der Waals surface area contributed by atoms with Gasteiger partial charge in [-0.15, -0.1) is 0 Å². The van der Waals surface area contributed by atoms with Crippen molar-refractivity contribution in [3.8, 4) is 0 Å². The van der Waals surface area contributed by atoms with E-state index in [0.717, 1.165) is 24.6 Å². The minimum absolute atomic E-state index is 0.197. The molecule has 2 N–H and O–H groups in total. The summed E-state index contributed by atoms with van der Waals surface area (Å²) in [5.74, 6) is 1.08. The van der Waals surface area contributed by atoms with Crippen molar-refractivity contribution in [3.05, 3.63) is 17.7 Å². The number of hydrogen-bond donors (Lipinski definition) is 2. The Bertz CT molecular complexity index is 423. The van der Waals surface area contributed by atoms with E-state index in [1.54, 1.807) is 0 Å². The molecule has 0 saturated heterocycles. The monoisotopic (exact) mass is 250 g/mol. The maximum Gasteiger partial charge on any atom is 0.353 e. The lowest BCUT2D eigenvalue weighted by Crippen LogP contribution is -2.25. The molecule has 4 nitrogen and oxygen atoms in total. The minimum atomic E-state index is -0.933. The normalized spacial score (nSPS) is 25.1. The summed E-state index contributed by atoms with van der Waals surface area (Å²) in [7, 11) is 0. The number of nitrogens with one attached hydrogen (secondary N) is 1. The molecular formula is C14H22N2O2. The van der Waals surface area contributed by atoms with E-state index < -0.39 is 5.97 Å². The summed E-state index contributed by atoms with van der Waals surface area (Å²) in [6, 6.07) is 0. The number of carboxylic acids is 1. The van der Waals surface area contributed by atoms with Crippen LogP contribution in [0.15, 0.2) is 6.20 Å². The SMILES string of the molecule is CC(C)(C)C1CCC(c2ncc(C(=O)O)[nH]2)CC1. The highest BCUT2D eigenvalue weighted by Crippen LogP contribution is 2.42. The van der Waals surface area contributed by atoms with Gasteiger partial charge in [-0.2, -0.15) is 0 Å². The van der Waals surface area contributed by atoms with E-state index in [1.165, 1.54) is 19.0 Å². The fraction of sp³-hybridized carbons (Fsp3) is 0.714. The standard InChI is InChI=1S/C14H22N2O2/c1-14(2,3)10-6-4-9(5-7-10)12-15-8-11(16-12)13(17)18/h8-10H,4-7H2,1-3H3,(H,15,16)(H,17,18). The largest absolute Gasteiger partial charge is 0.477 e. The molecule has 2 rings (SSSR count). The first-order chi connectivity index (χ1) is 8.38. The Morgan fingerprint density at radius 2 is 1.94 bits per heavy atom. The Balaban J connectivity index is 1.99. The van der Waals surface area contributed by atoms with Crippen LogP contribution < -0.4 is 0 Å². The molecule has 0 unspecified atom stereocenters. The third-order valence-electron chi connectivity index (χ3n) is 4.16. The number of imidazole rings is 1. The molecule has 1 heterocycles. The van der Waals surface area contributed by atoms with Gasteiger partial charge in [0.1, 0.15) is 11.5 Å². The predicted octanol–water partition coefficient (Wildman–Crippen LogP) is 3.43. The fourth-order valence-electron chi connectivity index (χ4n) is 2.89. The summed E-state index contributed by atoms with van der Waals surface area (Å²) in [5, 5.41) is 8.87. The number of carboxylic acid groups (broad SMARTS) is 1. The van der Waals surface area contributed by atoms with Gasteiger partial charge in [0, 0.05) is 5.92 Å². The summed E-state index contributed by atoms with van der Waals surface area (Å²) in [6.07, 6.45) is 6.05. The van der Waals surface area contributed by atoms with Crippen LogP contribution in [0.1, 0.15) is 68.7 Å². The highest BCUT2D eigenvalue weighted by atomic mass is 16.4. The summed E-state index contributed by atoms with van der Waals surface area (Å²) in [5.41, 5.74) is 0.573. The molecule has 0 bridgehead atoms. The molecule has 0 aliphatic heterocycles. The van der Waals surface area contributed by atoms with Crippen LogP contribution in [0.2, 0.25) is 0 Å². The molecule has 1 aromatic rings. The van der Waals surface area contributed by atoms with Crippen molar-refractivity contribution in [1.82, 2.24) is 9.97 Å². The topological polar surface area (TPSA) is 66.0 Å². The van der Waals surface area contributed by atoms with Gasteiger partial charge in [0.25, 0.3) is 0 Å². The van der Waals surface area contributed by atoms with Crippen LogP contribution in [0.4, 0.5) is 0 Å². The van der Waals surface area contributed by atoms with E-state index in [0.29, 0.717) is 11.3 Å². The van der Waals surface area contributed by atoms with Gasteiger partial charge in [-0.3, -0.25) is 0 Å². The Kier molecular flexibility index (Phi) is 3.46. The first-order valence-electron chi connectivity index (χ1n) is 6.66. The number of aromatic carboxylic acids is 1. The van der Waals surface area contributed by atoms with Crippen LogP contribution in [0.3, 0.4) is 0 Å². The smallest absolute Gasteiger partial charge is 0.353 e. The molecular weight excluding hydrogens is 228 g/mol. The fourth-order valence-corrected chi connectivity index (χ4v) is 2.89. The average Bonchev–Trinajstić information content (AvgIpc) is 2.77. The molecule has 1 saturated carbocycles. The number of nitrogens with zero attached hydrogens (tertiary/aromatic N) is 1. The summed E-state index contributed by atoms with van der Waals surface area (Å²) in [4.78, 5) is 17.9. The molecule has 4 heteroatoms. The highest BCUT2D eigenvalue weighted by Gasteiger charge is 2.31. The summed E-state index contributed by atoms with van der Waals surface area (Å²) < 4.78 is 0. The second-order valence-corrected chi connectivity index (χ2v) is 6.40. The predicted molar refractivity (Wildman–Crippen MR) is 69.7 cm³/mol. The van der Waals surface area contributed by atoms with Crippen LogP contribution in [0, 0.1) is 11.3 Å². The third-order valence-corrected chi connectivity index (χ3v) is 4.16. The molecule has 18 heavy (non-hydrogen) atoms. The Morgan fingerprint density at radius 1 is 1.33 bits per heavy atom. The van der Waals surface area contributed by atoms with Crippen LogP contribution in [0.25, 0.3) is 0 Å². The number of rotatable bonds is 2. The second kappa shape index (κ2) is 4.75. The first kappa shape index (κ1) is 13.1. The Labute approximate surface area is 108 Å². The molecule has 0 spiro atoms. The molecule has 0 amide bonds. The summed E-state index contributed by atoms with van der Waals surface area (Å²) >= 11 is 0. The maximum absolute atomic E-state index is 10.8. The van der Waals surface area contributed by atoms with Crippen LogP contribution in [0.5, 0.6) is 0 Å². The van der Waals surface area contributed by atoms with Crippen molar-refractivity contribution in [1.29, 1.82) is 0 Å². The van der Waals surface area contributed by atoms with Gasteiger partial charge < -0.3 is 10.1 Å². The molecule has 1 fully saturated rings. The Morgan fingerprint density at radius 3 is 2.39 bits per heavy atom. The van der Waals surface area contributed by atoms with Gasteiger partial charge >= 0.3 is 5.97 Å². The Hall–Kier alpha value is -1.32. The zero-order chi connectivity index (χ0) is 13.3. The van der Waals surface area contributed by atoms with E-state index in [9.17, 15) is 4.79 Å². The van der Waals surface area contributed by atoms with Gasteiger partial charge in [-0.25, -0.2) is 9.78 Å². The molecule has 0 radical (unpaired) electrons. The van der Waals surface area contributed by atoms with Gasteiger partial charge in [0.15, 0.2) is 0 Å². The van der Waals surface area contributed by atoms with Crippen molar-refractivity contribution >= 4 is 5.97 Å². The van der Waals surface area contributed by atoms with Crippen molar-refractivity contribution in [2.24, 2.45) is 11.3 Å². The van der Waals surface area contributed by atoms with E-state index >= 15 is 0 Å².